The monoisotopic (exact) mass is 441 g/mol. The van der Waals surface area contributed by atoms with E-state index in [0.717, 1.165) is 22.2 Å². The Labute approximate surface area is 191 Å². The van der Waals surface area contributed by atoms with E-state index in [1.165, 1.54) is 6.20 Å². The fourth-order valence-electron chi connectivity index (χ4n) is 3.94. The second-order valence-corrected chi connectivity index (χ2v) is 8.15. The molecule has 0 radical (unpaired) electrons. The minimum absolute atomic E-state index is 0.0963. The number of aryl methyl sites for hydroxylation is 1. The second kappa shape index (κ2) is 8.67. The normalized spacial score (nSPS) is 12.0. The molecule has 1 atom stereocenters. The lowest BCUT2D eigenvalue weighted by molar-refractivity contribution is -0.364. The first-order valence-corrected chi connectivity index (χ1v) is 10.6. The lowest BCUT2D eigenvalue weighted by atomic mass is 9.99. The lowest BCUT2D eigenvalue weighted by Crippen LogP contribution is -2.29. The molecular weight excluding hydrogens is 416 g/mol. The third-order valence-corrected chi connectivity index (χ3v) is 5.49. The molecule has 9 nitrogen and oxygen atoms in total. The van der Waals surface area contributed by atoms with Crippen molar-refractivity contribution in [2.24, 2.45) is 0 Å². The highest BCUT2D eigenvalue weighted by atomic mass is 16.1. The highest BCUT2D eigenvalue weighted by Gasteiger charge is 2.21. The van der Waals surface area contributed by atoms with Crippen molar-refractivity contribution in [3.63, 3.8) is 0 Å². The zero-order valence-corrected chi connectivity index (χ0v) is 18.9. The number of hydrogen-bond acceptors (Lipinski definition) is 7. The van der Waals surface area contributed by atoms with Gasteiger partial charge in [0, 0.05) is 29.7 Å². The summed E-state index contributed by atoms with van der Waals surface area (Å²) in [5.74, 6) is 1.22. The molecule has 4 N–H and O–H groups in total. The molecule has 0 bridgehead atoms. The molecule has 1 aromatic carbocycles. The lowest BCUT2D eigenvalue weighted by Gasteiger charge is -2.23. The molecule has 0 aliphatic rings. The number of fused-ring (bicyclic) bond motifs is 1. The molecule has 0 fully saturated rings. The van der Waals surface area contributed by atoms with E-state index >= 15 is 0 Å². The summed E-state index contributed by atoms with van der Waals surface area (Å²) in [6.45, 7) is 7.68. The van der Waals surface area contributed by atoms with Crippen molar-refractivity contribution in [1.29, 1.82) is 5.26 Å². The maximum Gasteiger partial charge on any atom is 0.389 e. The number of nitrogen functional groups attached to an aromatic ring is 1. The quantitative estimate of drug-likeness (QED) is 0.485. The van der Waals surface area contributed by atoms with Crippen LogP contribution in [0.4, 0.5) is 11.8 Å². The Morgan fingerprint density at radius 3 is 2.61 bits per heavy atom. The van der Waals surface area contributed by atoms with Crippen LogP contribution in [-0.2, 0) is 0 Å². The van der Waals surface area contributed by atoms with Crippen LogP contribution >= 0.6 is 0 Å². The van der Waals surface area contributed by atoms with Gasteiger partial charge >= 0.3 is 5.95 Å². The number of nitriles is 1. The first kappa shape index (κ1) is 21.9. The molecule has 3 heterocycles. The zero-order chi connectivity index (χ0) is 23.7. The number of aromatic nitrogens is 5. The molecule has 4 aromatic rings. The predicted molar refractivity (Wildman–Crippen MR) is 126 cm³/mol. The highest BCUT2D eigenvalue weighted by Crippen LogP contribution is 2.29. The van der Waals surface area contributed by atoms with Crippen LogP contribution in [0.15, 0.2) is 47.7 Å². The molecule has 1 unspecified atom stereocenters. The largest absolute Gasteiger partial charge is 0.389 e. The van der Waals surface area contributed by atoms with Gasteiger partial charge in [0.25, 0.3) is 5.56 Å². The van der Waals surface area contributed by atoms with Crippen molar-refractivity contribution >= 4 is 22.5 Å². The summed E-state index contributed by atoms with van der Waals surface area (Å²) in [6, 6.07) is 9.43. The van der Waals surface area contributed by atoms with Gasteiger partial charge in [-0.05, 0) is 44.7 Å². The van der Waals surface area contributed by atoms with Gasteiger partial charge in [-0.15, -0.1) is 0 Å². The highest BCUT2D eigenvalue weighted by molar-refractivity contribution is 5.96. The van der Waals surface area contributed by atoms with Crippen LogP contribution in [-0.4, -0.2) is 19.5 Å². The van der Waals surface area contributed by atoms with Crippen molar-refractivity contribution < 1.29 is 4.98 Å². The van der Waals surface area contributed by atoms with E-state index in [9.17, 15) is 10.1 Å². The van der Waals surface area contributed by atoms with Crippen LogP contribution in [0.5, 0.6) is 0 Å². The molecule has 166 valence electrons. The van der Waals surface area contributed by atoms with Crippen LogP contribution in [0.2, 0.25) is 0 Å². The predicted octanol–water partition coefficient (Wildman–Crippen LogP) is 3.18. The Hall–Kier alpha value is -4.32. The van der Waals surface area contributed by atoms with Crippen LogP contribution in [0.3, 0.4) is 0 Å². The van der Waals surface area contributed by atoms with Gasteiger partial charge in [-0.2, -0.15) is 5.26 Å². The molecule has 33 heavy (non-hydrogen) atoms. The minimum Gasteiger partial charge on any atom is -0.347 e. The van der Waals surface area contributed by atoms with Gasteiger partial charge in [-0.3, -0.25) is 10.5 Å². The van der Waals surface area contributed by atoms with Gasteiger partial charge in [0.1, 0.15) is 17.5 Å². The summed E-state index contributed by atoms with van der Waals surface area (Å²) >= 11 is 0. The third kappa shape index (κ3) is 4.11. The summed E-state index contributed by atoms with van der Waals surface area (Å²) in [5, 5.41) is 14.1. The summed E-state index contributed by atoms with van der Waals surface area (Å²) in [7, 11) is 0. The van der Waals surface area contributed by atoms with Crippen molar-refractivity contribution in [3.05, 3.63) is 70.3 Å². The maximum atomic E-state index is 13.8. The SMILES string of the molecule is Cc1ncc(-c2cccc3cc(C(C)Nc4nc(N)[nH+]cc4C#N)n(C(C)C)c(=O)c23)cn1. The van der Waals surface area contributed by atoms with E-state index < -0.39 is 0 Å². The Bertz CT molecular complexity index is 1430. The summed E-state index contributed by atoms with van der Waals surface area (Å²) in [5.41, 5.74) is 8.36. The topological polar surface area (TPSA) is 137 Å². The van der Waals surface area contributed by atoms with Gasteiger partial charge < -0.3 is 9.88 Å². The summed E-state index contributed by atoms with van der Waals surface area (Å²) < 4.78 is 1.77. The molecular formula is C24H25N8O+. The molecule has 0 saturated heterocycles. The molecule has 0 aliphatic carbocycles. The van der Waals surface area contributed by atoms with E-state index in [1.807, 2.05) is 52.0 Å². The Kier molecular flexibility index (Phi) is 5.75. The van der Waals surface area contributed by atoms with Gasteiger partial charge in [0.15, 0.2) is 0 Å². The average molecular weight is 442 g/mol. The number of nitrogens with zero attached hydrogens (tertiary/aromatic N) is 5. The number of nitrogens with one attached hydrogen (secondary N) is 2. The van der Waals surface area contributed by atoms with Crippen molar-refractivity contribution in [3.8, 4) is 17.2 Å². The number of benzene rings is 1. The van der Waals surface area contributed by atoms with E-state index in [2.05, 4.69) is 31.3 Å². The Balaban J connectivity index is 1.89. The number of pyridine rings is 1. The van der Waals surface area contributed by atoms with Crippen LogP contribution in [0.25, 0.3) is 21.9 Å². The smallest absolute Gasteiger partial charge is 0.347 e. The van der Waals surface area contributed by atoms with E-state index in [1.54, 1.807) is 17.0 Å². The van der Waals surface area contributed by atoms with Crippen LogP contribution < -0.4 is 21.6 Å². The molecule has 3 aromatic heterocycles. The minimum atomic E-state index is -0.322. The molecule has 0 aliphatic heterocycles. The average Bonchev–Trinajstić information content (AvgIpc) is 2.79. The first-order chi connectivity index (χ1) is 15.8. The zero-order valence-electron chi connectivity index (χ0n) is 18.9. The number of anilines is 2. The number of nitrogens with two attached hydrogens (primary N) is 1. The van der Waals surface area contributed by atoms with Gasteiger partial charge in [-0.1, -0.05) is 23.2 Å². The van der Waals surface area contributed by atoms with Crippen molar-refractivity contribution in [2.45, 2.75) is 39.8 Å². The number of aromatic amines is 1. The molecule has 9 heteroatoms. The van der Waals surface area contributed by atoms with E-state index in [0.29, 0.717) is 22.6 Å². The molecule has 4 rings (SSSR count). The maximum absolute atomic E-state index is 13.8. The van der Waals surface area contributed by atoms with Crippen LogP contribution in [0, 0.1) is 18.3 Å². The number of hydrogen-bond donors (Lipinski definition) is 2. The molecule has 0 saturated carbocycles. The van der Waals surface area contributed by atoms with Gasteiger partial charge in [0.2, 0.25) is 5.82 Å². The standard InChI is InChI=1S/C24H24N8O/c1-13(2)32-20(14(3)30-22-17(9-25)10-29-24(26)31-22)8-16-6-5-7-19(21(16)23(32)33)18-11-27-15(4)28-12-18/h5-8,10-14H,1-4H3,(H3,26,29,30,31)/p+1. The van der Waals surface area contributed by atoms with Gasteiger partial charge in [-0.25, -0.2) is 15.0 Å². The summed E-state index contributed by atoms with van der Waals surface area (Å²) in [6.07, 6.45) is 4.98. The van der Waals surface area contributed by atoms with Crippen LogP contribution in [0.1, 0.15) is 49.9 Å². The van der Waals surface area contributed by atoms with Crippen molar-refractivity contribution in [1.82, 2.24) is 19.5 Å². The van der Waals surface area contributed by atoms with Crippen molar-refractivity contribution in [2.75, 3.05) is 11.1 Å². The van der Waals surface area contributed by atoms with Gasteiger partial charge in [0.05, 0.1) is 17.6 Å². The van der Waals surface area contributed by atoms with E-state index in [4.69, 9.17) is 5.73 Å². The summed E-state index contributed by atoms with van der Waals surface area (Å²) in [4.78, 5) is 29.3. The Morgan fingerprint density at radius 1 is 1.21 bits per heavy atom. The first-order valence-electron chi connectivity index (χ1n) is 10.6. The second-order valence-electron chi connectivity index (χ2n) is 8.15. The Morgan fingerprint density at radius 2 is 1.94 bits per heavy atom. The molecule has 0 spiro atoms. The third-order valence-electron chi connectivity index (χ3n) is 5.49. The number of rotatable bonds is 5. The fraction of sp³-hybridized carbons (Fsp3) is 0.250. The number of H-pyrrole nitrogens is 1. The fourth-order valence-corrected chi connectivity index (χ4v) is 3.94. The van der Waals surface area contributed by atoms with E-state index in [-0.39, 0.29) is 23.6 Å². The molecule has 0 amide bonds.